The lowest BCUT2D eigenvalue weighted by atomic mass is 10.0. The van der Waals surface area contributed by atoms with Crippen LogP contribution in [0.3, 0.4) is 0 Å². The maximum absolute atomic E-state index is 12.3. The van der Waals surface area contributed by atoms with Crippen molar-refractivity contribution in [2.24, 2.45) is 5.92 Å². The zero-order valence-corrected chi connectivity index (χ0v) is 13.4. The van der Waals surface area contributed by atoms with Gasteiger partial charge in [0.25, 0.3) is 5.91 Å². The van der Waals surface area contributed by atoms with E-state index >= 15 is 0 Å². The molecule has 3 N–H and O–H groups in total. The third-order valence-corrected chi connectivity index (χ3v) is 3.24. The van der Waals surface area contributed by atoms with Crippen molar-refractivity contribution in [1.29, 1.82) is 0 Å². The van der Waals surface area contributed by atoms with Crippen LogP contribution < -0.4 is 11.1 Å². The molecule has 1 rings (SSSR count). The van der Waals surface area contributed by atoms with Crippen LogP contribution in [0.15, 0.2) is 18.2 Å². The summed E-state index contributed by atoms with van der Waals surface area (Å²) in [5.41, 5.74) is 6.68. The Kier molecular flexibility index (Phi) is 6.30. The van der Waals surface area contributed by atoms with Crippen LogP contribution in [0.2, 0.25) is 5.02 Å². The first-order valence-electron chi connectivity index (χ1n) is 6.80. The summed E-state index contributed by atoms with van der Waals surface area (Å²) in [6.45, 7) is 5.08. The number of hydrogen-bond acceptors (Lipinski definition) is 3. The third-order valence-electron chi connectivity index (χ3n) is 2.91. The van der Waals surface area contributed by atoms with Crippen molar-refractivity contribution < 1.29 is 4.79 Å². The Hall–Kier alpha value is -1.26. The van der Waals surface area contributed by atoms with E-state index in [9.17, 15) is 4.79 Å². The molecule has 0 bridgehead atoms. The highest BCUT2D eigenvalue weighted by atomic mass is 35.5. The van der Waals surface area contributed by atoms with Gasteiger partial charge in [0.05, 0.1) is 10.6 Å². The Morgan fingerprint density at radius 2 is 2.05 bits per heavy atom. The Morgan fingerprint density at radius 3 is 2.60 bits per heavy atom. The van der Waals surface area contributed by atoms with Crippen LogP contribution in [0.5, 0.6) is 0 Å². The van der Waals surface area contributed by atoms with Crippen molar-refractivity contribution in [2.45, 2.75) is 26.3 Å². The summed E-state index contributed by atoms with van der Waals surface area (Å²) in [5.74, 6) is 0.339. The molecule has 0 radical (unpaired) electrons. The van der Waals surface area contributed by atoms with Gasteiger partial charge in [0, 0.05) is 18.3 Å². The highest BCUT2D eigenvalue weighted by Crippen LogP contribution is 2.19. The lowest BCUT2D eigenvalue weighted by Gasteiger charge is -2.24. The van der Waals surface area contributed by atoms with Gasteiger partial charge in [0.2, 0.25) is 0 Å². The molecule has 0 saturated heterocycles. The molecule has 4 nitrogen and oxygen atoms in total. The van der Waals surface area contributed by atoms with Crippen molar-refractivity contribution in [3.8, 4) is 0 Å². The standard InChI is InChI=1S/C15H24ClN3O/c1-10(2)7-12(9-19(3)4)18-15(20)13-8-11(17)5-6-14(13)16/h5-6,8,10,12H,7,9,17H2,1-4H3,(H,18,20). The largest absolute Gasteiger partial charge is 0.399 e. The van der Waals surface area contributed by atoms with Gasteiger partial charge >= 0.3 is 0 Å². The summed E-state index contributed by atoms with van der Waals surface area (Å²) in [6.07, 6.45) is 0.920. The lowest BCUT2D eigenvalue weighted by molar-refractivity contribution is 0.0925. The van der Waals surface area contributed by atoms with Gasteiger partial charge in [-0.05, 0) is 44.6 Å². The zero-order chi connectivity index (χ0) is 15.3. The van der Waals surface area contributed by atoms with Gasteiger partial charge in [-0.25, -0.2) is 0 Å². The average molecular weight is 298 g/mol. The molecular formula is C15H24ClN3O. The average Bonchev–Trinajstić information content (AvgIpc) is 2.30. The molecule has 20 heavy (non-hydrogen) atoms. The summed E-state index contributed by atoms with van der Waals surface area (Å²) in [4.78, 5) is 14.4. The number of nitrogens with two attached hydrogens (primary N) is 1. The Morgan fingerprint density at radius 1 is 1.40 bits per heavy atom. The number of benzene rings is 1. The topological polar surface area (TPSA) is 58.4 Å². The van der Waals surface area contributed by atoms with E-state index in [-0.39, 0.29) is 11.9 Å². The molecule has 0 fully saturated rings. The first kappa shape index (κ1) is 16.8. The van der Waals surface area contributed by atoms with E-state index in [1.165, 1.54) is 0 Å². The Bertz CT molecular complexity index is 450. The fraction of sp³-hybridized carbons (Fsp3) is 0.533. The molecule has 0 saturated carbocycles. The second kappa shape index (κ2) is 7.50. The van der Waals surface area contributed by atoms with Crippen molar-refractivity contribution >= 4 is 23.2 Å². The molecule has 112 valence electrons. The maximum Gasteiger partial charge on any atom is 0.253 e. The smallest absolute Gasteiger partial charge is 0.253 e. The fourth-order valence-electron chi connectivity index (χ4n) is 2.17. The molecule has 0 spiro atoms. The van der Waals surface area contributed by atoms with E-state index in [1.54, 1.807) is 18.2 Å². The van der Waals surface area contributed by atoms with E-state index < -0.39 is 0 Å². The second-order valence-corrected chi connectivity index (χ2v) is 6.21. The zero-order valence-electron chi connectivity index (χ0n) is 12.6. The molecule has 1 unspecified atom stereocenters. The van der Waals surface area contributed by atoms with E-state index in [1.807, 2.05) is 14.1 Å². The van der Waals surface area contributed by atoms with Gasteiger partial charge in [0.1, 0.15) is 0 Å². The molecule has 1 aromatic carbocycles. The van der Waals surface area contributed by atoms with Gasteiger partial charge in [-0.1, -0.05) is 25.4 Å². The van der Waals surface area contributed by atoms with Crippen molar-refractivity contribution in [3.05, 3.63) is 28.8 Å². The summed E-state index contributed by atoms with van der Waals surface area (Å²) in [5, 5.41) is 3.46. The first-order valence-corrected chi connectivity index (χ1v) is 7.18. The van der Waals surface area contributed by atoms with E-state index in [0.717, 1.165) is 13.0 Å². The summed E-state index contributed by atoms with van der Waals surface area (Å²) in [6, 6.07) is 5.04. The molecular weight excluding hydrogens is 274 g/mol. The Balaban J connectivity index is 2.81. The molecule has 0 aliphatic carbocycles. The number of nitrogens with one attached hydrogen (secondary N) is 1. The number of anilines is 1. The minimum absolute atomic E-state index is 0.0926. The minimum atomic E-state index is -0.171. The van der Waals surface area contributed by atoms with Crippen LogP contribution in [-0.2, 0) is 0 Å². The van der Waals surface area contributed by atoms with Crippen LogP contribution in [0.1, 0.15) is 30.6 Å². The monoisotopic (exact) mass is 297 g/mol. The molecule has 5 heteroatoms. The van der Waals surface area contributed by atoms with E-state index in [2.05, 4.69) is 24.1 Å². The predicted octanol–water partition coefficient (Wildman–Crippen LogP) is 2.63. The number of likely N-dealkylation sites (N-methyl/N-ethyl adjacent to an activating group) is 1. The predicted molar refractivity (Wildman–Crippen MR) is 85.1 cm³/mol. The number of rotatable bonds is 6. The number of halogens is 1. The van der Waals surface area contributed by atoms with E-state index in [0.29, 0.717) is 22.2 Å². The fourth-order valence-corrected chi connectivity index (χ4v) is 2.37. The molecule has 1 aromatic rings. The highest BCUT2D eigenvalue weighted by molar-refractivity contribution is 6.34. The number of hydrogen-bond donors (Lipinski definition) is 2. The molecule has 0 aromatic heterocycles. The molecule has 0 heterocycles. The minimum Gasteiger partial charge on any atom is -0.399 e. The normalized spacial score (nSPS) is 12.8. The van der Waals surface area contributed by atoms with E-state index in [4.69, 9.17) is 17.3 Å². The summed E-state index contributed by atoms with van der Waals surface area (Å²) >= 11 is 6.06. The van der Waals surface area contributed by atoms with Crippen molar-refractivity contribution in [1.82, 2.24) is 10.2 Å². The number of nitrogen functional groups attached to an aromatic ring is 1. The van der Waals surface area contributed by atoms with Gasteiger partial charge in [-0.3, -0.25) is 4.79 Å². The molecule has 1 atom stereocenters. The first-order chi connectivity index (χ1) is 9.29. The summed E-state index contributed by atoms with van der Waals surface area (Å²) in [7, 11) is 3.99. The van der Waals surface area contributed by atoms with Crippen molar-refractivity contribution in [3.63, 3.8) is 0 Å². The van der Waals surface area contributed by atoms with Crippen LogP contribution in [0, 0.1) is 5.92 Å². The highest BCUT2D eigenvalue weighted by Gasteiger charge is 2.18. The molecule has 0 aliphatic heterocycles. The summed E-state index contributed by atoms with van der Waals surface area (Å²) < 4.78 is 0. The third kappa shape index (κ3) is 5.39. The van der Waals surface area contributed by atoms with Crippen LogP contribution in [-0.4, -0.2) is 37.5 Å². The van der Waals surface area contributed by atoms with Gasteiger partial charge in [0.15, 0.2) is 0 Å². The van der Waals surface area contributed by atoms with Gasteiger partial charge in [-0.2, -0.15) is 0 Å². The van der Waals surface area contributed by atoms with Crippen LogP contribution in [0.4, 0.5) is 5.69 Å². The quantitative estimate of drug-likeness (QED) is 0.794. The molecule has 0 aliphatic rings. The number of amides is 1. The van der Waals surface area contributed by atoms with Crippen molar-refractivity contribution in [2.75, 3.05) is 26.4 Å². The second-order valence-electron chi connectivity index (χ2n) is 5.80. The number of carbonyl (C=O) groups is 1. The SMILES string of the molecule is CC(C)CC(CN(C)C)NC(=O)c1cc(N)ccc1Cl. The maximum atomic E-state index is 12.3. The van der Waals surface area contributed by atoms with Gasteiger partial charge < -0.3 is 16.0 Å². The number of nitrogens with zero attached hydrogens (tertiary/aromatic N) is 1. The lowest BCUT2D eigenvalue weighted by Crippen LogP contribution is -2.42. The van der Waals surface area contributed by atoms with Gasteiger partial charge in [-0.15, -0.1) is 0 Å². The van der Waals surface area contributed by atoms with Crippen LogP contribution in [0.25, 0.3) is 0 Å². The molecule has 1 amide bonds. The van der Waals surface area contributed by atoms with Crippen LogP contribution >= 0.6 is 11.6 Å². The Labute approximate surface area is 126 Å². The number of carbonyl (C=O) groups excluding carboxylic acids is 1.